The molecule has 0 rings (SSSR count). The van der Waals surface area contributed by atoms with Gasteiger partial charge in [-0.25, -0.2) is 0 Å². The molecule has 0 fully saturated rings. The molecule has 0 aromatic heterocycles. The van der Waals surface area contributed by atoms with Gasteiger partial charge < -0.3 is 5.11 Å². The molecule has 0 amide bonds. The molecule has 2 nitrogen and oxygen atoms in total. The van der Waals surface area contributed by atoms with Gasteiger partial charge in [0.2, 0.25) is 0 Å². The van der Waals surface area contributed by atoms with Gasteiger partial charge in [-0.3, -0.25) is 4.99 Å². The van der Waals surface area contributed by atoms with E-state index in [1.54, 1.807) is 0 Å². The summed E-state index contributed by atoms with van der Waals surface area (Å²) in [4.78, 5) is 4.26. The maximum Gasteiger partial charge on any atom is 0.104 e. The average molecular weight is 344 g/mol. The van der Waals surface area contributed by atoms with E-state index < -0.39 is 5.60 Å². The molecule has 0 spiro atoms. The smallest absolute Gasteiger partial charge is 0.104 e. The van der Waals surface area contributed by atoms with Crippen molar-refractivity contribution >= 4 is 5.71 Å². The third-order valence-electron chi connectivity index (χ3n) is 2.52. The van der Waals surface area contributed by atoms with E-state index in [9.17, 15) is 5.11 Å². The maximum absolute atomic E-state index is 10.2. The fourth-order valence-corrected chi connectivity index (χ4v) is 1.46. The molecule has 1 N–H and O–H groups in total. The van der Waals surface area contributed by atoms with Crippen LogP contribution >= 0.6 is 0 Å². The topological polar surface area (TPSA) is 32.6 Å². The van der Waals surface area contributed by atoms with Gasteiger partial charge in [0.15, 0.2) is 0 Å². The fourth-order valence-electron chi connectivity index (χ4n) is 1.46. The standard InChI is InChI=1S/C10H21NO.Yb/c1-6-10(12,8(3)4)9(5)11-7-2;/h8,12H,6-7H2,1-5H3;. The van der Waals surface area contributed by atoms with Gasteiger partial charge in [0.25, 0.3) is 0 Å². The molecule has 1 atom stereocenters. The van der Waals surface area contributed by atoms with E-state index in [1.807, 2.05) is 34.6 Å². The van der Waals surface area contributed by atoms with Crippen LogP contribution in [0, 0.1) is 52.8 Å². The van der Waals surface area contributed by atoms with E-state index in [0.29, 0.717) is 0 Å². The Balaban J connectivity index is 0. The van der Waals surface area contributed by atoms with Crippen molar-refractivity contribution in [1.29, 1.82) is 0 Å². The normalized spacial score (nSPS) is 16.7. The molecule has 0 heterocycles. The summed E-state index contributed by atoms with van der Waals surface area (Å²) < 4.78 is 0. The van der Waals surface area contributed by atoms with Gasteiger partial charge in [0, 0.05) is 59.2 Å². The molecule has 0 aliphatic heterocycles. The molecule has 0 aromatic carbocycles. The van der Waals surface area contributed by atoms with E-state index in [4.69, 9.17) is 0 Å². The summed E-state index contributed by atoms with van der Waals surface area (Å²) in [5.74, 6) is 0.234. The van der Waals surface area contributed by atoms with E-state index in [0.717, 1.165) is 18.7 Å². The molecular formula is C10H21NOYb. The Morgan fingerprint density at radius 1 is 1.38 bits per heavy atom. The molecule has 0 saturated carbocycles. The Bertz CT molecular complexity index is 168. The minimum absolute atomic E-state index is 0. The van der Waals surface area contributed by atoms with Gasteiger partial charge >= 0.3 is 0 Å². The quantitative estimate of drug-likeness (QED) is 0.780. The van der Waals surface area contributed by atoms with Gasteiger partial charge in [-0.05, 0) is 26.2 Å². The summed E-state index contributed by atoms with van der Waals surface area (Å²) in [6, 6.07) is 0. The zero-order chi connectivity index (χ0) is 9.78. The van der Waals surface area contributed by atoms with Crippen LogP contribution in [-0.2, 0) is 0 Å². The van der Waals surface area contributed by atoms with E-state index in [1.165, 1.54) is 0 Å². The maximum atomic E-state index is 10.2. The number of nitrogens with zero attached hydrogens (tertiary/aromatic N) is 1. The molecule has 0 radical (unpaired) electrons. The largest absolute Gasteiger partial charge is 0.384 e. The van der Waals surface area contributed by atoms with Crippen LogP contribution in [0.4, 0.5) is 0 Å². The summed E-state index contributed by atoms with van der Waals surface area (Å²) in [5.41, 5.74) is 0.165. The van der Waals surface area contributed by atoms with Crippen molar-refractivity contribution in [2.75, 3.05) is 6.54 Å². The third-order valence-corrected chi connectivity index (χ3v) is 2.52. The Labute approximate surface area is 120 Å². The summed E-state index contributed by atoms with van der Waals surface area (Å²) >= 11 is 0. The van der Waals surface area contributed by atoms with Crippen molar-refractivity contribution in [1.82, 2.24) is 0 Å². The molecule has 0 saturated heterocycles. The molecule has 1 unspecified atom stereocenters. The molecule has 3 heteroatoms. The van der Waals surface area contributed by atoms with Crippen molar-refractivity contribution in [3.8, 4) is 0 Å². The molecule has 0 bridgehead atoms. The third kappa shape index (κ3) is 4.46. The van der Waals surface area contributed by atoms with Gasteiger partial charge in [-0.2, -0.15) is 0 Å². The minimum Gasteiger partial charge on any atom is -0.384 e. The van der Waals surface area contributed by atoms with E-state index >= 15 is 0 Å². The second kappa shape index (κ2) is 7.44. The monoisotopic (exact) mass is 345 g/mol. The molecule has 0 aromatic rings. The SMILES string of the molecule is CCN=C(C)C(O)(CC)C(C)C.[Yb]. The molecule has 0 aliphatic carbocycles. The van der Waals surface area contributed by atoms with Crippen molar-refractivity contribution < 1.29 is 52.0 Å². The number of aliphatic imine (C=N–C) groups is 1. The first-order chi connectivity index (χ1) is 5.49. The van der Waals surface area contributed by atoms with Crippen LogP contribution in [0.25, 0.3) is 0 Å². The predicted octanol–water partition coefficient (Wildman–Crippen LogP) is 2.26. The van der Waals surface area contributed by atoms with Crippen molar-refractivity contribution in [3.05, 3.63) is 0 Å². The number of hydrogen-bond donors (Lipinski definition) is 1. The molecule has 13 heavy (non-hydrogen) atoms. The molecule has 86 valence electrons. The Morgan fingerprint density at radius 3 is 2.08 bits per heavy atom. The van der Waals surface area contributed by atoms with Crippen molar-refractivity contribution in [3.63, 3.8) is 0 Å². The Hall–Kier alpha value is 1.15. The van der Waals surface area contributed by atoms with Gasteiger partial charge in [0.1, 0.15) is 5.60 Å². The van der Waals surface area contributed by atoms with Crippen molar-refractivity contribution in [2.24, 2.45) is 10.9 Å². The minimum atomic E-state index is -0.698. The summed E-state index contributed by atoms with van der Waals surface area (Å²) in [7, 11) is 0. The van der Waals surface area contributed by atoms with Crippen LogP contribution in [0.1, 0.15) is 41.0 Å². The fraction of sp³-hybridized carbons (Fsp3) is 0.900. The zero-order valence-electron chi connectivity index (χ0n) is 9.15. The first kappa shape index (κ1) is 16.6. The van der Waals surface area contributed by atoms with Crippen LogP contribution in [-0.4, -0.2) is 23.0 Å². The summed E-state index contributed by atoms with van der Waals surface area (Å²) in [6.07, 6.45) is 0.736. The zero-order valence-corrected chi connectivity index (χ0v) is 10.9. The Morgan fingerprint density at radius 2 is 1.85 bits per heavy atom. The van der Waals surface area contributed by atoms with Crippen molar-refractivity contribution in [2.45, 2.75) is 46.6 Å². The number of hydrogen-bond acceptors (Lipinski definition) is 2. The number of aliphatic hydroxyl groups is 1. The summed E-state index contributed by atoms with van der Waals surface area (Å²) in [5, 5.41) is 10.2. The van der Waals surface area contributed by atoms with Crippen LogP contribution in [0.2, 0.25) is 0 Å². The van der Waals surface area contributed by atoms with Crippen LogP contribution in [0.3, 0.4) is 0 Å². The van der Waals surface area contributed by atoms with E-state index in [2.05, 4.69) is 4.99 Å². The van der Waals surface area contributed by atoms with Gasteiger partial charge in [0.05, 0.1) is 0 Å². The van der Waals surface area contributed by atoms with Crippen LogP contribution in [0.15, 0.2) is 4.99 Å². The van der Waals surface area contributed by atoms with Gasteiger partial charge in [-0.15, -0.1) is 0 Å². The van der Waals surface area contributed by atoms with Crippen LogP contribution < -0.4 is 0 Å². The number of rotatable bonds is 4. The predicted molar refractivity (Wildman–Crippen MR) is 53.7 cm³/mol. The second-order valence-electron chi connectivity index (χ2n) is 3.49. The van der Waals surface area contributed by atoms with Crippen LogP contribution in [0.5, 0.6) is 0 Å². The first-order valence-electron chi connectivity index (χ1n) is 4.72. The molecule has 0 aliphatic rings. The summed E-state index contributed by atoms with van der Waals surface area (Å²) in [6.45, 7) is 10.7. The molecular weight excluding hydrogens is 323 g/mol. The van der Waals surface area contributed by atoms with E-state index in [-0.39, 0.29) is 52.8 Å². The second-order valence-corrected chi connectivity index (χ2v) is 3.49. The Kier molecular flexibility index (Phi) is 9.49. The average Bonchev–Trinajstić information content (AvgIpc) is 2.03. The van der Waals surface area contributed by atoms with Gasteiger partial charge in [-0.1, -0.05) is 20.8 Å². The first-order valence-corrected chi connectivity index (χ1v) is 4.72.